The minimum atomic E-state index is -2.15. The van der Waals surface area contributed by atoms with Gasteiger partial charge in [-0.25, -0.2) is 9.69 Å². The monoisotopic (exact) mass is 760 g/mol. The summed E-state index contributed by atoms with van der Waals surface area (Å²) in [5.74, 6) is 1.25. The van der Waals surface area contributed by atoms with E-state index in [0.717, 1.165) is 4.90 Å². The second-order valence-corrected chi connectivity index (χ2v) is 13.5. The number of amides is 2. The molecule has 4 aromatic carbocycles. The van der Waals surface area contributed by atoms with Crippen molar-refractivity contribution in [2.75, 3.05) is 45.0 Å². The number of rotatable bonds is 11. The molecule has 2 saturated heterocycles. The molecule has 2 fully saturated rings. The van der Waals surface area contributed by atoms with Crippen LogP contribution in [0.15, 0.2) is 103 Å². The number of imide groups is 1. The smallest absolute Gasteiger partial charge is 0.421 e. The van der Waals surface area contributed by atoms with Crippen LogP contribution in [0, 0.1) is 17.8 Å². The van der Waals surface area contributed by atoms with Crippen molar-refractivity contribution in [3.8, 4) is 17.6 Å². The fourth-order valence-electron chi connectivity index (χ4n) is 8.35. The second kappa shape index (κ2) is 16.4. The highest BCUT2D eigenvalue weighted by Crippen LogP contribution is 2.66. The molecule has 4 aromatic rings. The van der Waals surface area contributed by atoms with E-state index in [1.54, 1.807) is 41.3 Å². The summed E-state index contributed by atoms with van der Waals surface area (Å²) >= 11 is 0. The number of benzene rings is 4. The van der Waals surface area contributed by atoms with Crippen LogP contribution in [0.1, 0.15) is 52.4 Å². The number of methoxy groups -OCH3 is 1. The number of aliphatic hydroxyl groups is 2. The molecule has 3 aliphatic heterocycles. The number of morpholine rings is 1. The van der Waals surface area contributed by atoms with Crippen LogP contribution in [0.3, 0.4) is 0 Å². The Hall–Kier alpha value is -6.04. The van der Waals surface area contributed by atoms with Crippen LogP contribution in [0.25, 0.3) is 0 Å². The first kappa shape index (κ1) is 38.2. The topological polar surface area (TPSA) is 172 Å². The molecule has 6 atom stereocenters. The number of anilines is 1. The minimum absolute atomic E-state index is 0.0226. The zero-order chi connectivity index (χ0) is 39.4. The molecule has 13 heteroatoms. The molecule has 0 radical (unpaired) electrons. The van der Waals surface area contributed by atoms with E-state index in [1.165, 1.54) is 13.2 Å². The van der Waals surface area contributed by atoms with Gasteiger partial charge < -0.3 is 34.3 Å². The lowest BCUT2D eigenvalue weighted by atomic mass is 9.65. The number of fused-ring (bicyclic) bond motifs is 3. The number of aliphatic hydroxyl groups excluding tert-OH is 2. The molecule has 0 bridgehead atoms. The number of hydrogen-bond donors (Lipinski definition) is 3. The van der Waals surface area contributed by atoms with Gasteiger partial charge in [0.15, 0.2) is 0 Å². The Balaban J connectivity index is 1.55. The van der Waals surface area contributed by atoms with Crippen molar-refractivity contribution in [3.05, 3.63) is 131 Å². The Morgan fingerprint density at radius 1 is 0.821 bits per heavy atom. The summed E-state index contributed by atoms with van der Waals surface area (Å²) in [5, 5.41) is 30.2. The van der Waals surface area contributed by atoms with Crippen LogP contribution in [-0.4, -0.2) is 90.3 Å². The van der Waals surface area contributed by atoms with Gasteiger partial charge in [-0.2, -0.15) is 0 Å². The van der Waals surface area contributed by atoms with Gasteiger partial charge in [0.05, 0.1) is 37.6 Å². The SMILES string of the molecule is COCCOC(=O)N1C(=O)[C@@]2(c3cc(C#CCCO)ccc31)[C@H](c1ccc(OCCO)cc1)N1[C@H](c3ccccc3)[C@H](c3ccccc3)OC(=O)[C@H]1[C@@H]2C(=O)O. The van der Waals surface area contributed by atoms with Crippen LogP contribution in [-0.2, 0) is 34.0 Å². The highest BCUT2D eigenvalue weighted by atomic mass is 16.6. The molecule has 0 saturated carbocycles. The van der Waals surface area contributed by atoms with Gasteiger partial charge in [-0.15, -0.1) is 0 Å². The van der Waals surface area contributed by atoms with E-state index in [1.807, 2.05) is 60.7 Å². The van der Waals surface area contributed by atoms with Gasteiger partial charge >= 0.3 is 18.0 Å². The predicted octanol–water partition coefficient (Wildman–Crippen LogP) is 4.32. The average molecular weight is 761 g/mol. The summed E-state index contributed by atoms with van der Waals surface area (Å²) in [6, 6.07) is 26.1. The first-order chi connectivity index (χ1) is 27.3. The second-order valence-electron chi connectivity index (χ2n) is 13.5. The fourth-order valence-corrected chi connectivity index (χ4v) is 8.35. The Morgan fingerprint density at radius 2 is 1.52 bits per heavy atom. The molecule has 1 spiro atoms. The van der Waals surface area contributed by atoms with Crippen molar-refractivity contribution in [3.63, 3.8) is 0 Å². The lowest BCUT2D eigenvalue weighted by molar-refractivity contribution is -0.179. The van der Waals surface area contributed by atoms with Gasteiger partial charge in [0, 0.05) is 19.1 Å². The number of cyclic esters (lactones) is 1. The lowest BCUT2D eigenvalue weighted by Gasteiger charge is -2.46. The summed E-state index contributed by atoms with van der Waals surface area (Å²) < 4.78 is 22.5. The van der Waals surface area contributed by atoms with E-state index in [4.69, 9.17) is 18.9 Å². The van der Waals surface area contributed by atoms with Gasteiger partial charge in [-0.1, -0.05) is 84.6 Å². The average Bonchev–Trinajstić information content (AvgIpc) is 3.67. The molecule has 0 aliphatic carbocycles. The highest BCUT2D eigenvalue weighted by molar-refractivity contribution is 6.23. The number of esters is 1. The van der Waals surface area contributed by atoms with Crippen molar-refractivity contribution >= 4 is 29.6 Å². The zero-order valence-corrected chi connectivity index (χ0v) is 30.4. The molecular weight excluding hydrogens is 720 g/mol. The molecule has 3 N–H and O–H groups in total. The van der Waals surface area contributed by atoms with Gasteiger partial charge in [-0.3, -0.25) is 19.3 Å². The van der Waals surface area contributed by atoms with E-state index >= 15 is 4.79 Å². The number of aliphatic carboxylic acids is 1. The third kappa shape index (κ3) is 6.56. The summed E-state index contributed by atoms with van der Waals surface area (Å²) in [7, 11) is 1.43. The first-order valence-corrected chi connectivity index (χ1v) is 18.2. The standard InChI is InChI=1S/C43H40N2O11/c1-53-24-25-55-42(52)44-33-20-15-27(10-8-9-21-46)26-32(33)43(41(44)51)34(39(48)49)36-40(50)56-37(29-13-6-3-7-14-29)35(28-11-4-2-5-12-28)45(36)38(43)30-16-18-31(19-17-30)54-23-22-47/h2-7,11-20,26,34-38,46-47H,9,21-25H2,1H3,(H,48,49)/t34-,35-,36-,37+,38+,43-/m1/s1. The van der Waals surface area contributed by atoms with Gasteiger partial charge in [-0.05, 0) is 52.6 Å². The number of nitrogens with zero attached hydrogens (tertiary/aromatic N) is 2. The van der Waals surface area contributed by atoms with Crippen molar-refractivity contribution < 1.29 is 53.4 Å². The highest BCUT2D eigenvalue weighted by Gasteiger charge is 2.76. The lowest BCUT2D eigenvalue weighted by Crippen LogP contribution is -2.53. The quantitative estimate of drug-likeness (QED) is 0.113. The Morgan fingerprint density at radius 3 is 2.16 bits per heavy atom. The van der Waals surface area contributed by atoms with E-state index in [-0.39, 0.29) is 50.7 Å². The molecule has 0 aromatic heterocycles. The van der Waals surface area contributed by atoms with Crippen molar-refractivity contribution in [1.82, 2.24) is 4.90 Å². The maximum Gasteiger partial charge on any atom is 0.421 e. The largest absolute Gasteiger partial charge is 0.491 e. The van der Waals surface area contributed by atoms with E-state index < -0.39 is 59.5 Å². The summed E-state index contributed by atoms with van der Waals surface area (Å²) in [6.45, 7) is -0.545. The molecular formula is C43H40N2O11. The summed E-state index contributed by atoms with van der Waals surface area (Å²) in [6.07, 6.45) is -1.83. The summed E-state index contributed by atoms with van der Waals surface area (Å²) in [5.41, 5.74) is 0.269. The summed E-state index contributed by atoms with van der Waals surface area (Å²) in [4.78, 5) is 60.9. The Bertz CT molecular complexity index is 2150. The minimum Gasteiger partial charge on any atom is -0.491 e. The van der Waals surface area contributed by atoms with E-state index in [9.17, 15) is 29.7 Å². The third-order valence-electron chi connectivity index (χ3n) is 10.4. The number of carboxylic acids is 1. The van der Waals surface area contributed by atoms with Crippen LogP contribution in [0.5, 0.6) is 5.75 Å². The molecule has 3 aliphatic rings. The van der Waals surface area contributed by atoms with Crippen molar-refractivity contribution in [2.24, 2.45) is 5.92 Å². The molecule has 288 valence electrons. The molecule has 7 rings (SSSR count). The first-order valence-electron chi connectivity index (χ1n) is 18.2. The maximum atomic E-state index is 15.6. The van der Waals surface area contributed by atoms with Gasteiger partial charge in [0.25, 0.3) is 0 Å². The molecule has 13 nitrogen and oxygen atoms in total. The molecule has 3 heterocycles. The zero-order valence-electron chi connectivity index (χ0n) is 30.4. The number of carbonyl (C=O) groups excluding carboxylic acids is 3. The maximum absolute atomic E-state index is 15.6. The van der Waals surface area contributed by atoms with Crippen molar-refractivity contribution in [2.45, 2.75) is 36.1 Å². The third-order valence-corrected chi connectivity index (χ3v) is 10.4. The van der Waals surface area contributed by atoms with Gasteiger partial charge in [0.1, 0.15) is 42.4 Å². The molecule has 56 heavy (non-hydrogen) atoms. The van der Waals surface area contributed by atoms with Crippen molar-refractivity contribution in [1.29, 1.82) is 0 Å². The molecule has 0 unspecified atom stereocenters. The Labute approximate surface area is 323 Å². The number of hydrogen-bond acceptors (Lipinski definition) is 11. The van der Waals surface area contributed by atoms with Crippen LogP contribution >= 0.6 is 0 Å². The van der Waals surface area contributed by atoms with Crippen LogP contribution in [0.4, 0.5) is 10.5 Å². The number of carboxylic acid groups (broad SMARTS) is 1. The number of ether oxygens (including phenoxy) is 4. The molecule has 2 amide bonds. The Kier molecular flexibility index (Phi) is 11.2. The van der Waals surface area contributed by atoms with E-state index in [0.29, 0.717) is 28.0 Å². The van der Waals surface area contributed by atoms with Crippen LogP contribution < -0.4 is 9.64 Å². The van der Waals surface area contributed by atoms with Gasteiger partial charge in [0.2, 0.25) is 5.91 Å². The van der Waals surface area contributed by atoms with E-state index in [2.05, 4.69) is 11.8 Å². The fraction of sp³-hybridized carbons (Fsp3) is 0.302. The number of carbonyl (C=O) groups is 4. The van der Waals surface area contributed by atoms with Crippen LogP contribution in [0.2, 0.25) is 0 Å². The predicted molar refractivity (Wildman–Crippen MR) is 200 cm³/mol. The normalized spacial score (nSPS) is 23.8.